The first kappa shape index (κ1) is 13.0. The summed E-state index contributed by atoms with van der Waals surface area (Å²) in [5.41, 5.74) is 1.17. The van der Waals surface area contributed by atoms with E-state index >= 15 is 0 Å². The predicted octanol–water partition coefficient (Wildman–Crippen LogP) is 2.19. The number of likely N-dealkylation sites (tertiary alicyclic amines) is 1. The van der Waals surface area contributed by atoms with E-state index < -0.39 is 0 Å². The molecule has 4 heteroatoms. The van der Waals surface area contributed by atoms with E-state index in [1.807, 2.05) is 11.3 Å². The molecule has 0 aliphatic carbocycles. The molecule has 0 amide bonds. The lowest BCUT2D eigenvalue weighted by atomic mass is 9.99. The van der Waals surface area contributed by atoms with Crippen molar-refractivity contribution in [1.29, 1.82) is 0 Å². The molecule has 1 aliphatic rings. The van der Waals surface area contributed by atoms with Gasteiger partial charge < -0.3 is 10.0 Å². The van der Waals surface area contributed by atoms with Gasteiger partial charge in [-0.25, -0.2) is 4.98 Å². The number of thiazole rings is 1. The number of rotatable bonds is 4. The van der Waals surface area contributed by atoms with Crippen LogP contribution in [0.5, 0.6) is 0 Å². The highest BCUT2D eigenvalue weighted by molar-refractivity contribution is 7.11. The number of likely N-dealkylation sites (N-methyl/N-ethyl adjacent to an activating group) is 1. The second-order valence-electron chi connectivity index (χ2n) is 4.99. The van der Waals surface area contributed by atoms with Crippen LogP contribution in [0.15, 0.2) is 0 Å². The van der Waals surface area contributed by atoms with Crippen molar-refractivity contribution in [1.82, 2.24) is 9.88 Å². The Labute approximate surface area is 107 Å². The Morgan fingerprint density at radius 3 is 3.06 bits per heavy atom. The van der Waals surface area contributed by atoms with Crippen LogP contribution in [0.25, 0.3) is 0 Å². The minimum absolute atomic E-state index is 0.277. The summed E-state index contributed by atoms with van der Waals surface area (Å²) in [4.78, 5) is 8.50. The fourth-order valence-corrected chi connectivity index (χ4v) is 3.70. The SMILES string of the molecule is Cc1nc(C2CCCN(C)C2)sc1CCCO. The average molecular weight is 254 g/mol. The number of piperidine rings is 1. The maximum atomic E-state index is 8.89. The highest BCUT2D eigenvalue weighted by Crippen LogP contribution is 2.31. The van der Waals surface area contributed by atoms with Gasteiger partial charge in [0.2, 0.25) is 0 Å². The van der Waals surface area contributed by atoms with Crippen LogP contribution in [-0.4, -0.2) is 41.7 Å². The molecule has 0 radical (unpaired) electrons. The minimum Gasteiger partial charge on any atom is -0.396 e. The molecule has 96 valence electrons. The lowest BCUT2D eigenvalue weighted by molar-refractivity contribution is 0.250. The molecule has 1 fully saturated rings. The number of nitrogens with zero attached hydrogens (tertiary/aromatic N) is 2. The van der Waals surface area contributed by atoms with Gasteiger partial charge in [-0.3, -0.25) is 0 Å². The van der Waals surface area contributed by atoms with Crippen LogP contribution in [0.1, 0.15) is 40.8 Å². The Balaban J connectivity index is 2.05. The fraction of sp³-hybridized carbons (Fsp3) is 0.769. The van der Waals surface area contributed by atoms with Crippen molar-refractivity contribution in [2.45, 2.75) is 38.5 Å². The predicted molar refractivity (Wildman–Crippen MR) is 71.7 cm³/mol. The zero-order chi connectivity index (χ0) is 12.3. The third-order valence-electron chi connectivity index (χ3n) is 3.44. The molecule has 1 N–H and O–H groups in total. The monoisotopic (exact) mass is 254 g/mol. The van der Waals surface area contributed by atoms with Gasteiger partial charge in [0.1, 0.15) is 0 Å². The molecule has 1 aromatic heterocycles. The Kier molecular flexibility index (Phi) is 4.54. The highest BCUT2D eigenvalue weighted by Gasteiger charge is 2.22. The van der Waals surface area contributed by atoms with Crippen LogP contribution in [0, 0.1) is 6.92 Å². The van der Waals surface area contributed by atoms with Gasteiger partial charge in [0.15, 0.2) is 0 Å². The largest absolute Gasteiger partial charge is 0.396 e. The van der Waals surface area contributed by atoms with Crippen molar-refractivity contribution >= 4 is 11.3 Å². The number of hydrogen-bond donors (Lipinski definition) is 1. The van der Waals surface area contributed by atoms with Gasteiger partial charge in [0.25, 0.3) is 0 Å². The third kappa shape index (κ3) is 3.27. The summed E-state index contributed by atoms with van der Waals surface area (Å²) in [7, 11) is 2.19. The van der Waals surface area contributed by atoms with E-state index in [9.17, 15) is 0 Å². The van der Waals surface area contributed by atoms with Gasteiger partial charge in [0, 0.05) is 23.9 Å². The van der Waals surface area contributed by atoms with Crippen LogP contribution < -0.4 is 0 Å². The quantitative estimate of drug-likeness (QED) is 0.895. The molecule has 2 heterocycles. The highest BCUT2D eigenvalue weighted by atomic mass is 32.1. The van der Waals surface area contributed by atoms with Crippen molar-refractivity contribution in [2.24, 2.45) is 0 Å². The van der Waals surface area contributed by atoms with Crippen LogP contribution >= 0.6 is 11.3 Å². The Morgan fingerprint density at radius 1 is 1.53 bits per heavy atom. The van der Waals surface area contributed by atoms with E-state index in [0.717, 1.165) is 19.4 Å². The fourth-order valence-electron chi connectivity index (χ4n) is 2.46. The minimum atomic E-state index is 0.277. The number of aliphatic hydroxyl groups is 1. The van der Waals surface area contributed by atoms with E-state index in [1.54, 1.807) is 0 Å². The molecule has 2 rings (SSSR count). The number of aliphatic hydroxyl groups excluding tert-OH is 1. The molecule has 0 saturated carbocycles. The van der Waals surface area contributed by atoms with Gasteiger partial charge in [-0.2, -0.15) is 0 Å². The zero-order valence-corrected chi connectivity index (χ0v) is 11.6. The van der Waals surface area contributed by atoms with Crippen LogP contribution in [0.2, 0.25) is 0 Å². The standard InChI is InChI=1S/C13H22N2OS/c1-10-12(6-4-8-16)17-13(14-10)11-5-3-7-15(2)9-11/h11,16H,3-9H2,1-2H3. The molecule has 3 nitrogen and oxygen atoms in total. The van der Waals surface area contributed by atoms with Gasteiger partial charge in [0.05, 0.1) is 10.7 Å². The molecule has 0 bridgehead atoms. The number of aromatic nitrogens is 1. The van der Waals surface area contributed by atoms with E-state index in [-0.39, 0.29) is 6.61 Å². The maximum absolute atomic E-state index is 8.89. The number of aryl methyl sites for hydroxylation is 2. The van der Waals surface area contributed by atoms with E-state index in [1.165, 1.54) is 35.0 Å². The van der Waals surface area contributed by atoms with Gasteiger partial charge >= 0.3 is 0 Å². The molecule has 17 heavy (non-hydrogen) atoms. The maximum Gasteiger partial charge on any atom is 0.0974 e. The first-order valence-corrected chi connectivity index (χ1v) is 7.28. The molecule has 0 aromatic carbocycles. The third-order valence-corrected chi connectivity index (χ3v) is 4.82. The lowest BCUT2D eigenvalue weighted by Gasteiger charge is -2.28. The summed E-state index contributed by atoms with van der Waals surface area (Å²) in [5.74, 6) is 0.625. The zero-order valence-electron chi connectivity index (χ0n) is 10.8. The first-order chi connectivity index (χ1) is 8.20. The molecule has 1 saturated heterocycles. The van der Waals surface area contributed by atoms with E-state index in [4.69, 9.17) is 10.1 Å². The molecule has 1 atom stereocenters. The van der Waals surface area contributed by atoms with Crippen LogP contribution in [0.4, 0.5) is 0 Å². The first-order valence-electron chi connectivity index (χ1n) is 6.46. The van der Waals surface area contributed by atoms with E-state index in [0.29, 0.717) is 5.92 Å². The molecule has 1 unspecified atom stereocenters. The van der Waals surface area contributed by atoms with E-state index in [2.05, 4.69) is 18.9 Å². The van der Waals surface area contributed by atoms with Gasteiger partial charge in [-0.1, -0.05) is 0 Å². The molecule has 1 aromatic rings. The molecule has 0 spiro atoms. The normalized spacial score (nSPS) is 21.9. The summed E-state index contributed by atoms with van der Waals surface area (Å²) in [6.45, 7) is 4.74. The van der Waals surface area contributed by atoms with Gasteiger partial charge in [-0.15, -0.1) is 11.3 Å². The van der Waals surface area contributed by atoms with Crippen molar-refractivity contribution in [3.05, 3.63) is 15.6 Å². The Morgan fingerprint density at radius 2 is 2.35 bits per heavy atom. The molecule has 1 aliphatic heterocycles. The van der Waals surface area contributed by atoms with Crippen LogP contribution in [-0.2, 0) is 6.42 Å². The second kappa shape index (κ2) is 5.94. The summed E-state index contributed by atoms with van der Waals surface area (Å²) in [5, 5.41) is 10.2. The van der Waals surface area contributed by atoms with Crippen molar-refractivity contribution < 1.29 is 5.11 Å². The Bertz CT molecular complexity index is 364. The van der Waals surface area contributed by atoms with Crippen LogP contribution in [0.3, 0.4) is 0 Å². The summed E-state index contributed by atoms with van der Waals surface area (Å²) in [6, 6.07) is 0. The summed E-state index contributed by atoms with van der Waals surface area (Å²) in [6.07, 6.45) is 4.39. The summed E-state index contributed by atoms with van der Waals surface area (Å²) < 4.78 is 0. The summed E-state index contributed by atoms with van der Waals surface area (Å²) >= 11 is 1.86. The van der Waals surface area contributed by atoms with Crippen molar-refractivity contribution in [3.63, 3.8) is 0 Å². The number of hydrogen-bond acceptors (Lipinski definition) is 4. The smallest absolute Gasteiger partial charge is 0.0974 e. The Hall–Kier alpha value is -0.450. The molecular weight excluding hydrogens is 232 g/mol. The lowest BCUT2D eigenvalue weighted by Crippen LogP contribution is -2.30. The average Bonchev–Trinajstić information content (AvgIpc) is 2.68. The van der Waals surface area contributed by atoms with Crippen molar-refractivity contribution in [3.8, 4) is 0 Å². The van der Waals surface area contributed by atoms with Gasteiger partial charge in [-0.05, 0) is 46.2 Å². The van der Waals surface area contributed by atoms with Crippen molar-refractivity contribution in [2.75, 3.05) is 26.7 Å². The second-order valence-corrected chi connectivity index (χ2v) is 6.10. The molecular formula is C13H22N2OS. The topological polar surface area (TPSA) is 36.4 Å².